The molecule has 6 rings (SSSR count). The Hall–Kier alpha value is -4.79. The molecule has 42 heavy (non-hydrogen) atoms. The number of aromatic nitrogens is 3. The number of benzene rings is 2. The molecule has 0 saturated heterocycles. The van der Waals surface area contributed by atoms with Crippen molar-refractivity contribution in [2.75, 3.05) is 44.8 Å². The molecule has 2 aliphatic heterocycles. The molecule has 0 atom stereocenters. The summed E-state index contributed by atoms with van der Waals surface area (Å²) in [5.41, 5.74) is 5.14. The summed E-state index contributed by atoms with van der Waals surface area (Å²) in [7, 11) is 1.65. The number of hydrogen-bond donors (Lipinski definition) is 1. The first kappa shape index (κ1) is 27.4. The summed E-state index contributed by atoms with van der Waals surface area (Å²) in [5.74, 6) is 0.664. The lowest BCUT2D eigenvalue weighted by atomic mass is 10.2. The van der Waals surface area contributed by atoms with Crippen LogP contribution in [0.1, 0.15) is 21.7 Å². The summed E-state index contributed by atoms with van der Waals surface area (Å²) in [6.45, 7) is 11.9. The molecule has 4 heterocycles. The van der Waals surface area contributed by atoms with Gasteiger partial charge in [-0.3, -0.25) is 4.90 Å². The van der Waals surface area contributed by atoms with Gasteiger partial charge in [0.2, 0.25) is 5.88 Å². The third kappa shape index (κ3) is 5.54. The molecular formula is C31H29FN6O4. The van der Waals surface area contributed by atoms with Crippen LogP contribution < -0.4 is 9.64 Å². The van der Waals surface area contributed by atoms with Crippen LogP contribution in [-0.2, 0) is 24.4 Å². The van der Waals surface area contributed by atoms with Crippen LogP contribution in [0.25, 0.3) is 15.9 Å². The second-order valence-electron chi connectivity index (χ2n) is 10.4. The van der Waals surface area contributed by atoms with E-state index in [1.807, 2.05) is 12.1 Å². The van der Waals surface area contributed by atoms with Gasteiger partial charge in [-0.15, -0.1) is 0 Å². The molecule has 2 aromatic carbocycles. The van der Waals surface area contributed by atoms with Crippen LogP contribution in [-0.4, -0.2) is 70.4 Å². The van der Waals surface area contributed by atoms with E-state index in [0.29, 0.717) is 31.1 Å². The van der Waals surface area contributed by atoms with Crippen molar-refractivity contribution in [2.45, 2.75) is 19.7 Å². The fourth-order valence-corrected chi connectivity index (χ4v) is 5.53. The Morgan fingerprint density at radius 3 is 2.60 bits per heavy atom. The smallest absolute Gasteiger partial charge is 0.335 e. The van der Waals surface area contributed by atoms with E-state index in [1.165, 1.54) is 17.2 Å². The van der Waals surface area contributed by atoms with E-state index in [2.05, 4.69) is 24.2 Å². The molecule has 10 nitrogen and oxygen atoms in total. The molecule has 2 aliphatic rings. The van der Waals surface area contributed by atoms with Gasteiger partial charge in [0.1, 0.15) is 24.1 Å². The van der Waals surface area contributed by atoms with E-state index in [-0.39, 0.29) is 17.9 Å². The minimum absolute atomic E-state index is 0.0249. The van der Waals surface area contributed by atoms with Crippen LogP contribution >= 0.6 is 0 Å². The fraction of sp³-hybridized carbons (Fsp3) is 0.290. The lowest BCUT2D eigenvalue weighted by Crippen LogP contribution is -2.30. The first-order valence-corrected chi connectivity index (χ1v) is 13.6. The second-order valence-corrected chi connectivity index (χ2v) is 10.4. The number of pyridine rings is 1. The first-order chi connectivity index (χ1) is 20.4. The quantitative estimate of drug-likeness (QED) is 0.218. The molecule has 0 amide bonds. The Bertz CT molecular complexity index is 1730. The molecule has 11 heteroatoms. The topological polar surface area (TPSA) is 97.3 Å². The van der Waals surface area contributed by atoms with Crippen molar-refractivity contribution in [3.8, 4) is 5.88 Å². The lowest BCUT2D eigenvalue weighted by Gasteiger charge is -2.24. The summed E-state index contributed by atoms with van der Waals surface area (Å²) in [6, 6.07) is 15.0. The number of aromatic carboxylic acids is 1. The summed E-state index contributed by atoms with van der Waals surface area (Å²) in [5, 5.41) is 9.45. The maximum absolute atomic E-state index is 14.2. The Morgan fingerprint density at radius 1 is 1.07 bits per heavy atom. The third-order valence-corrected chi connectivity index (χ3v) is 7.62. The Morgan fingerprint density at radius 2 is 1.88 bits per heavy atom. The van der Waals surface area contributed by atoms with E-state index >= 15 is 0 Å². The highest BCUT2D eigenvalue weighted by Crippen LogP contribution is 2.31. The number of carboxylic acid groups (broad SMARTS) is 1. The SMILES string of the molecule is [C-]#[N+]c1ccc(COc2cccc(N3CC4=C(CN(Cc5nc6ccc(C(=O)O)cc6n5CCOC)C4)C3)n2)c(F)c1. The maximum Gasteiger partial charge on any atom is 0.335 e. The lowest BCUT2D eigenvalue weighted by molar-refractivity contribution is 0.0697. The third-order valence-electron chi connectivity index (χ3n) is 7.62. The zero-order valence-electron chi connectivity index (χ0n) is 23.1. The molecule has 0 spiro atoms. The van der Waals surface area contributed by atoms with E-state index < -0.39 is 11.8 Å². The standard InChI is InChI=1S/C31H29FN6O4/c1-33-24-8-6-21(25(32)13-24)19-42-30-5-3-4-28(35-30)37-16-22-14-36(15-23(22)17-37)18-29-34-26-9-7-20(31(39)40)12-27(26)38(29)10-11-41-2/h3-9,12-13H,10-11,14-19H2,2H3,(H,39,40). The number of halogens is 1. The molecule has 2 aromatic heterocycles. The molecule has 0 fully saturated rings. The summed E-state index contributed by atoms with van der Waals surface area (Å²) >= 11 is 0. The highest BCUT2D eigenvalue weighted by Gasteiger charge is 2.31. The number of anilines is 1. The van der Waals surface area contributed by atoms with Crippen molar-refractivity contribution in [2.24, 2.45) is 0 Å². The van der Waals surface area contributed by atoms with Crippen molar-refractivity contribution < 1.29 is 23.8 Å². The van der Waals surface area contributed by atoms with Gasteiger partial charge in [0, 0.05) is 51.5 Å². The van der Waals surface area contributed by atoms with Gasteiger partial charge in [0.25, 0.3) is 0 Å². The molecule has 214 valence electrons. The minimum atomic E-state index is -0.963. The average Bonchev–Trinajstić information content (AvgIpc) is 3.66. The van der Waals surface area contributed by atoms with Crippen LogP contribution in [0, 0.1) is 12.4 Å². The zero-order valence-corrected chi connectivity index (χ0v) is 23.1. The van der Waals surface area contributed by atoms with E-state index in [1.54, 1.807) is 43.5 Å². The predicted molar refractivity (Wildman–Crippen MR) is 154 cm³/mol. The predicted octanol–water partition coefficient (Wildman–Crippen LogP) is 4.68. The second kappa shape index (κ2) is 11.6. The van der Waals surface area contributed by atoms with Crippen molar-refractivity contribution >= 4 is 28.5 Å². The van der Waals surface area contributed by atoms with Gasteiger partial charge < -0.3 is 24.0 Å². The monoisotopic (exact) mass is 568 g/mol. The molecule has 0 saturated carbocycles. The van der Waals surface area contributed by atoms with Gasteiger partial charge in [-0.1, -0.05) is 18.2 Å². The van der Waals surface area contributed by atoms with Crippen molar-refractivity contribution in [3.05, 3.63) is 99.9 Å². The molecular weight excluding hydrogens is 539 g/mol. The minimum Gasteiger partial charge on any atom is -0.478 e. The number of methoxy groups -OCH3 is 1. The molecule has 1 N–H and O–H groups in total. The van der Waals surface area contributed by atoms with E-state index in [4.69, 9.17) is 21.0 Å². The number of fused-ring (bicyclic) bond motifs is 1. The normalized spacial score (nSPS) is 14.9. The first-order valence-electron chi connectivity index (χ1n) is 13.6. The highest BCUT2D eigenvalue weighted by atomic mass is 19.1. The largest absolute Gasteiger partial charge is 0.478 e. The number of hydrogen-bond acceptors (Lipinski definition) is 7. The average molecular weight is 569 g/mol. The Balaban J connectivity index is 1.09. The van der Waals surface area contributed by atoms with Gasteiger partial charge in [-0.25, -0.2) is 19.0 Å². The zero-order chi connectivity index (χ0) is 29.2. The summed E-state index contributed by atoms with van der Waals surface area (Å²) in [4.78, 5) is 28.8. The van der Waals surface area contributed by atoms with Crippen LogP contribution in [0.4, 0.5) is 15.9 Å². The fourth-order valence-electron chi connectivity index (χ4n) is 5.53. The van der Waals surface area contributed by atoms with Crippen molar-refractivity contribution in [1.29, 1.82) is 0 Å². The maximum atomic E-state index is 14.2. The summed E-state index contributed by atoms with van der Waals surface area (Å²) < 4.78 is 27.4. The molecule has 4 aromatic rings. The highest BCUT2D eigenvalue weighted by molar-refractivity contribution is 5.92. The Labute approximate surface area is 242 Å². The molecule has 0 radical (unpaired) electrons. The molecule has 0 unspecified atom stereocenters. The molecule has 0 bridgehead atoms. The number of carbonyl (C=O) groups is 1. The van der Waals surface area contributed by atoms with Crippen LogP contribution in [0.15, 0.2) is 65.7 Å². The van der Waals surface area contributed by atoms with Crippen molar-refractivity contribution in [1.82, 2.24) is 19.4 Å². The Kier molecular flexibility index (Phi) is 7.56. The van der Waals surface area contributed by atoms with Crippen LogP contribution in [0.5, 0.6) is 5.88 Å². The van der Waals surface area contributed by atoms with Gasteiger partial charge >= 0.3 is 5.97 Å². The number of rotatable bonds is 10. The van der Waals surface area contributed by atoms with Crippen molar-refractivity contribution in [3.63, 3.8) is 0 Å². The molecule has 0 aliphatic carbocycles. The van der Waals surface area contributed by atoms with Gasteiger partial charge in [0.05, 0.1) is 36.3 Å². The van der Waals surface area contributed by atoms with Gasteiger partial charge in [0.15, 0.2) is 5.69 Å². The number of carboxylic acids is 1. The number of ether oxygens (including phenoxy) is 2. The van der Waals surface area contributed by atoms with Crippen LogP contribution in [0.3, 0.4) is 0 Å². The van der Waals surface area contributed by atoms with Crippen LogP contribution in [0.2, 0.25) is 0 Å². The van der Waals surface area contributed by atoms with E-state index in [0.717, 1.165) is 48.9 Å². The van der Waals surface area contributed by atoms with Gasteiger partial charge in [-0.2, -0.15) is 4.98 Å². The van der Waals surface area contributed by atoms with E-state index in [9.17, 15) is 14.3 Å². The summed E-state index contributed by atoms with van der Waals surface area (Å²) in [6.07, 6.45) is 0. The number of imidazole rings is 1. The van der Waals surface area contributed by atoms with Gasteiger partial charge in [-0.05, 0) is 41.5 Å². The number of nitrogens with zero attached hydrogens (tertiary/aromatic N) is 6.